The number of hydrogen-bond donors (Lipinski definition) is 1. The first-order valence-corrected chi connectivity index (χ1v) is 12.9. The molecule has 35 heavy (non-hydrogen) atoms. The number of nitrogens with one attached hydrogen (secondary N) is 1. The topological polar surface area (TPSA) is 78.0 Å². The summed E-state index contributed by atoms with van der Waals surface area (Å²) in [6.07, 6.45) is -0.498. The quantitative estimate of drug-likeness (QED) is 0.588. The fraction of sp³-hybridized carbons (Fsp3) is 0.346. The van der Waals surface area contributed by atoms with Crippen LogP contribution in [-0.2, 0) is 16.1 Å². The standard InChI is InChI=1S/C26H27N5O3S/c32-25-17-35-24-8-7-20(13-23(24)28-25)31-16-21(34-26(31)33)15-30-11-9-29(10-12-30)14-19-6-5-18-3-1-2-4-22(18)27-19/h1-8,13,21H,9-12,14-17H2,(H,28,32)/t21-/m1/s1. The van der Waals surface area contributed by atoms with Gasteiger partial charge in [0, 0.05) is 55.2 Å². The van der Waals surface area contributed by atoms with Crippen molar-refractivity contribution >= 4 is 46.0 Å². The van der Waals surface area contributed by atoms with Gasteiger partial charge in [0.05, 0.1) is 29.2 Å². The lowest BCUT2D eigenvalue weighted by atomic mass is 10.2. The van der Waals surface area contributed by atoms with Crippen molar-refractivity contribution in [1.82, 2.24) is 14.8 Å². The largest absolute Gasteiger partial charge is 0.443 e. The van der Waals surface area contributed by atoms with E-state index in [-0.39, 0.29) is 18.1 Å². The number of fused-ring (bicyclic) bond motifs is 2. The van der Waals surface area contributed by atoms with E-state index < -0.39 is 0 Å². The van der Waals surface area contributed by atoms with Crippen LogP contribution in [0.15, 0.2) is 59.5 Å². The molecular formula is C26H27N5O3S. The number of cyclic esters (lactones) is 1. The molecule has 2 saturated heterocycles. The lowest BCUT2D eigenvalue weighted by molar-refractivity contribution is -0.113. The third-order valence-electron chi connectivity index (χ3n) is 6.75. The van der Waals surface area contributed by atoms with Crippen molar-refractivity contribution in [2.45, 2.75) is 17.5 Å². The lowest BCUT2D eigenvalue weighted by Crippen LogP contribution is -2.48. The zero-order chi connectivity index (χ0) is 23.8. The van der Waals surface area contributed by atoms with Crippen LogP contribution in [0, 0.1) is 0 Å². The molecule has 2 aromatic carbocycles. The van der Waals surface area contributed by atoms with Gasteiger partial charge in [0.2, 0.25) is 5.91 Å². The minimum atomic E-state index is -0.328. The Labute approximate surface area is 208 Å². The normalized spacial score (nSPS) is 21.1. The van der Waals surface area contributed by atoms with E-state index in [4.69, 9.17) is 9.72 Å². The molecule has 0 spiro atoms. The second-order valence-corrected chi connectivity index (χ2v) is 10.2. The summed E-state index contributed by atoms with van der Waals surface area (Å²) in [6, 6.07) is 18.2. The van der Waals surface area contributed by atoms with Crippen molar-refractivity contribution in [2.75, 3.05) is 55.2 Å². The van der Waals surface area contributed by atoms with E-state index in [1.54, 1.807) is 4.90 Å². The number of amides is 2. The Balaban J connectivity index is 1.02. The van der Waals surface area contributed by atoms with Gasteiger partial charge in [-0.3, -0.25) is 24.5 Å². The molecule has 3 aromatic rings. The number of benzene rings is 2. The van der Waals surface area contributed by atoms with Gasteiger partial charge in [-0.15, -0.1) is 11.8 Å². The van der Waals surface area contributed by atoms with Crippen molar-refractivity contribution in [1.29, 1.82) is 0 Å². The Morgan fingerprint density at radius 2 is 1.83 bits per heavy atom. The fourth-order valence-electron chi connectivity index (χ4n) is 4.91. The fourth-order valence-corrected chi connectivity index (χ4v) is 5.70. The van der Waals surface area contributed by atoms with E-state index >= 15 is 0 Å². The van der Waals surface area contributed by atoms with Crippen LogP contribution in [0.3, 0.4) is 0 Å². The molecule has 0 unspecified atom stereocenters. The molecule has 8 nitrogen and oxygen atoms in total. The van der Waals surface area contributed by atoms with Gasteiger partial charge in [0.1, 0.15) is 6.10 Å². The van der Waals surface area contributed by atoms with Crippen LogP contribution >= 0.6 is 11.8 Å². The van der Waals surface area contributed by atoms with Crippen LogP contribution < -0.4 is 10.2 Å². The maximum absolute atomic E-state index is 12.6. The molecule has 3 aliphatic heterocycles. The molecule has 0 saturated carbocycles. The molecule has 1 aromatic heterocycles. The number of rotatable bonds is 5. The molecule has 0 bridgehead atoms. The Hall–Kier alpha value is -3.14. The number of aromatic nitrogens is 1. The van der Waals surface area contributed by atoms with Crippen molar-refractivity contribution in [3.63, 3.8) is 0 Å². The zero-order valence-corrected chi connectivity index (χ0v) is 20.2. The van der Waals surface area contributed by atoms with Crippen LogP contribution in [-0.4, -0.2) is 77.9 Å². The van der Waals surface area contributed by atoms with Gasteiger partial charge in [-0.2, -0.15) is 0 Å². The average Bonchev–Trinajstić information content (AvgIpc) is 3.24. The first-order valence-electron chi connectivity index (χ1n) is 11.9. The highest BCUT2D eigenvalue weighted by atomic mass is 32.2. The Morgan fingerprint density at radius 1 is 1.00 bits per heavy atom. The van der Waals surface area contributed by atoms with E-state index in [1.165, 1.54) is 17.1 Å². The molecule has 180 valence electrons. The predicted molar refractivity (Wildman–Crippen MR) is 137 cm³/mol. The Morgan fingerprint density at radius 3 is 2.71 bits per heavy atom. The smallest absolute Gasteiger partial charge is 0.414 e. The first-order chi connectivity index (χ1) is 17.1. The summed E-state index contributed by atoms with van der Waals surface area (Å²) in [6.45, 7) is 5.87. The number of nitrogens with zero attached hydrogens (tertiary/aromatic N) is 4. The van der Waals surface area contributed by atoms with Gasteiger partial charge in [0.25, 0.3) is 0 Å². The van der Waals surface area contributed by atoms with Crippen molar-refractivity contribution < 1.29 is 14.3 Å². The van der Waals surface area contributed by atoms with Crippen molar-refractivity contribution in [3.8, 4) is 0 Å². The Kier molecular flexibility index (Phi) is 6.05. The Bertz CT molecular complexity index is 1280. The number of carbonyl (C=O) groups excluding carboxylic acids is 2. The van der Waals surface area contributed by atoms with Crippen molar-refractivity contribution in [3.05, 3.63) is 60.3 Å². The number of piperazine rings is 1. The number of pyridine rings is 1. The maximum atomic E-state index is 12.6. The van der Waals surface area contributed by atoms with Gasteiger partial charge in [-0.25, -0.2) is 4.79 Å². The summed E-state index contributed by atoms with van der Waals surface area (Å²) in [5.41, 5.74) is 3.65. The van der Waals surface area contributed by atoms with Gasteiger partial charge < -0.3 is 10.1 Å². The van der Waals surface area contributed by atoms with Crippen LogP contribution in [0.2, 0.25) is 0 Å². The minimum Gasteiger partial charge on any atom is -0.443 e. The summed E-state index contributed by atoms with van der Waals surface area (Å²) >= 11 is 1.51. The highest BCUT2D eigenvalue weighted by molar-refractivity contribution is 8.00. The number of para-hydroxylation sites is 1. The van der Waals surface area contributed by atoms with E-state index in [0.29, 0.717) is 12.3 Å². The number of ether oxygens (including phenoxy) is 1. The number of anilines is 2. The predicted octanol–water partition coefficient (Wildman–Crippen LogP) is 3.42. The molecule has 0 aliphatic carbocycles. The molecule has 2 fully saturated rings. The molecule has 9 heteroatoms. The highest BCUT2D eigenvalue weighted by Gasteiger charge is 2.34. The van der Waals surface area contributed by atoms with Crippen LogP contribution in [0.4, 0.5) is 16.2 Å². The van der Waals surface area contributed by atoms with E-state index in [0.717, 1.165) is 66.7 Å². The van der Waals surface area contributed by atoms with Crippen LogP contribution in [0.1, 0.15) is 5.69 Å². The molecule has 3 aliphatic rings. The molecule has 0 radical (unpaired) electrons. The zero-order valence-electron chi connectivity index (χ0n) is 19.4. The third-order valence-corrected chi connectivity index (χ3v) is 7.82. The second-order valence-electron chi connectivity index (χ2n) is 9.21. The van der Waals surface area contributed by atoms with Crippen LogP contribution in [0.25, 0.3) is 10.9 Å². The number of carbonyl (C=O) groups is 2. The summed E-state index contributed by atoms with van der Waals surface area (Å²) in [5, 5.41) is 4.06. The molecule has 1 atom stereocenters. The molecule has 4 heterocycles. The van der Waals surface area contributed by atoms with Gasteiger partial charge in [0.15, 0.2) is 0 Å². The summed E-state index contributed by atoms with van der Waals surface area (Å²) in [4.78, 5) is 36.6. The number of hydrogen-bond acceptors (Lipinski definition) is 7. The second kappa shape index (κ2) is 9.49. The first kappa shape index (κ1) is 22.3. The molecule has 6 rings (SSSR count). The number of thioether (sulfide) groups is 1. The molecule has 2 amide bonds. The summed E-state index contributed by atoms with van der Waals surface area (Å²) < 4.78 is 5.69. The van der Waals surface area contributed by atoms with Crippen LogP contribution in [0.5, 0.6) is 0 Å². The van der Waals surface area contributed by atoms with E-state index in [1.807, 2.05) is 30.3 Å². The molecule has 1 N–H and O–H groups in total. The van der Waals surface area contributed by atoms with E-state index in [2.05, 4.69) is 39.4 Å². The maximum Gasteiger partial charge on any atom is 0.414 e. The SMILES string of the molecule is O=C1CSc2ccc(N3C[C@@H](CN4CCN(Cc5ccc6ccccc6n5)CC4)OC3=O)cc2N1. The third kappa shape index (κ3) is 4.84. The average molecular weight is 490 g/mol. The van der Waals surface area contributed by atoms with Gasteiger partial charge in [-0.05, 0) is 30.3 Å². The summed E-state index contributed by atoms with van der Waals surface area (Å²) in [5.74, 6) is 0.406. The molecular weight excluding hydrogens is 462 g/mol. The monoisotopic (exact) mass is 489 g/mol. The lowest BCUT2D eigenvalue weighted by Gasteiger charge is -2.35. The van der Waals surface area contributed by atoms with Gasteiger partial charge in [-0.1, -0.05) is 24.3 Å². The highest BCUT2D eigenvalue weighted by Crippen LogP contribution is 2.35. The minimum absolute atomic E-state index is 0.0166. The summed E-state index contributed by atoms with van der Waals surface area (Å²) in [7, 11) is 0. The van der Waals surface area contributed by atoms with Crippen molar-refractivity contribution in [2.24, 2.45) is 0 Å². The van der Waals surface area contributed by atoms with E-state index in [9.17, 15) is 9.59 Å². The van der Waals surface area contributed by atoms with Gasteiger partial charge >= 0.3 is 6.09 Å².